The SMILES string of the molecule is CCCCSCC(=O)NC(C)(CO)c1ccccc1. The molecule has 0 aliphatic heterocycles. The zero-order chi connectivity index (χ0) is 14.1. The fraction of sp³-hybridized carbons (Fsp3) is 0.533. The number of carbonyl (C=O) groups excluding carboxylic acids is 1. The molecule has 4 heteroatoms. The van der Waals surface area contributed by atoms with Crippen molar-refractivity contribution in [3.05, 3.63) is 35.9 Å². The molecule has 0 aliphatic carbocycles. The van der Waals surface area contributed by atoms with Crippen LogP contribution in [0.5, 0.6) is 0 Å². The van der Waals surface area contributed by atoms with Crippen molar-refractivity contribution in [1.29, 1.82) is 0 Å². The summed E-state index contributed by atoms with van der Waals surface area (Å²) in [7, 11) is 0. The number of carbonyl (C=O) groups is 1. The Bertz CT molecular complexity index is 383. The molecular formula is C15H23NO2S. The van der Waals surface area contributed by atoms with Gasteiger partial charge in [-0.3, -0.25) is 4.79 Å². The first-order valence-electron chi connectivity index (χ1n) is 6.67. The van der Waals surface area contributed by atoms with Crippen LogP contribution in [0.1, 0.15) is 32.3 Å². The van der Waals surface area contributed by atoms with Crippen molar-refractivity contribution in [3.63, 3.8) is 0 Å². The highest BCUT2D eigenvalue weighted by Crippen LogP contribution is 2.20. The number of thioether (sulfide) groups is 1. The summed E-state index contributed by atoms with van der Waals surface area (Å²) in [5, 5.41) is 12.5. The average Bonchev–Trinajstić information content (AvgIpc) is 2.44. The molecule has 1 aromatic carbocycles. The van der Waals surface area contributed by atoms with Gasteiger partial charge < -0.3 is 10.4 Å². The minimum Gasteiger partial charge on any atom is -0.394 e. The lowest BCUT2D eigenvalue weighted by atomic mass is 9.93. The third kappa shape index (κ3) is 5.25. The summed E-state index contributed by atoms with van der Waals surface area (Å²) >= 11 is 1.64. The van der Waals surface area contributed by atoms with E-state index in [2.05, 4.69) is 12.2 Å². The number of hydrogen-bond donors (Lipinski definition) is 2. The molecule has 0 aliphatic rings. The standard InChI is InChI=1S/C15H23NO2S/c1-3-4-10-19-11-14(18)16-15(2,12-17)13-8-6-5-7-9-13/h5-9,17H,3-4,10-12H2,1-2H3,(H,16,18). The first-order chi connectivity index (χ1) is 9.12. The zero-order valence-corrected chi connectivity index (χ0v) is 12.5. The van der Waals surface area contributed by atoms with Crippen LogP contribution in [0.4, 0.5) is 0 Å². The van der Waals surface area contributed by atoms with Gasteiger partial charge in [-0.25, -0.2) is 0 Å². The fourth-order valence-corrected chi connectivity index (χ4v) is 2.66. The Morgan fingerprint density at radius 2 is 2.05 bits per heavy atom. The zero-order valence-electron chi connectivity index (χ0n) is 11.7. The van der Waals surface area contributed by atoms with Gasteiger partial charge in [-0.1, -0.05) is 43.7 Å². The molecule has 0 saturated heterocycles. The number of benzene rings is 1. The van der Waals surface area contributed by atoms with Gasteiger partial charge in [-0.2, -0.15) is 11.8 Å². The molecule has 3 nitrogen and oxygen atoms in total. The molecule has 1 rings (SSSR count). The van der Waals surface area contributed by atoms with Crippen LogP contribution in [-0.2, 0) is 10.3 Å². The molecule has 0 radical (unpaired) electrons. The van der Waals surface area contributed by atoms with Gasteiger partial charge in [-0.15, -0.1) is 0 Å². The average molecular weight is 281 g/mol. The molecule has 0 fully saturated rings. The first-order valence-corrected chi connectivity index (χ1v) is 7.83. The predicted molar refractivity (Wildman–Crippen MR) is 81.3 cm³/mol. The Labute approximate surface area is 119 Å². The lowest BCUT2D eigenvalue weighted by molar-refractivity contribution is -0.121. The highest BCUT2D eigenvalue weighted by Gasteiger charge is 2.27. The monoisotopic (exact) mass is 281 g/mol. The Morgan fingerprint density at radius 1 is 1.37 bits per heavy atom. The molecule has 0 bridgehead atoms. The van der Waals surface area contributed by atoms with Gasteiger partial charge >= 0.3 is 0 Å². The Morgan fingerprint density at radius 3 is 2.63 bits per heavy atom. The summed E-state index contributed by atoms with van der Waals surface area (Å²) in [5.41, 5.74) is 0.216. The molecule has 2 N–H and O–H groups in total. The van der Waals surface area contributed by atoms with Gasteiger partial charge in [0.15, 0.2) is 0 Å². The normalized spacial score (nSPS) is 13.8. The van der Waals surface area contributed by atoms with Crippen LogP contribution in [0, 0.1) is 0 Å². The molecule has 1 atom stereocenters. The largest absolute Gasteiger partial charge is 0.394 e. The van der Waals surface area contributed by atoms with E-state index in [1.807, 2.05) is 37.3 Å². The third-order valence-electron chi connectivity index (χ3n) is 3.02. The van der Waals surface area contributed by atoms with Crippen molar-refractivity contribution in [1.82, 2.24) is 5.32 Å². The molecule has 0 aromatic heterocycles. The molecule has 0 spiro atoms. The van der Waals surface area contributed by atoms with Crippen LogP contribution < -0.4 is 5.32 Å². The van der Waals surface area contributed by atoms with E-state index in [0.29, 0.717) is 5.75 Å². The molecular weight excluding hydrogens is 258 g/mol. The van der Waals surface area contributed by atoms with Crippen molar-refractivity contribution in [3.8, 4) is 0 Å². The van der Waals surface area contributed by atoms with E-state index in [1.54, 1.807) is 11.8 Å². The van der Waals surface area contributed by atoms with E-state index in [1.165, 1.54) is 0 Å². The molecule has 106 valence electrons. The van der Waals surface area contributed by atoms with Gasteiger partial charge in [0, 0.05) is 0 Å². The summed E-state index contributed by atoms with van der Waals surface area (Å²) in [6.07, 6.45) is 2.28. The van der Waals surface area contributed by atoms with Crippen molar-refractivity contribution in [2.45, 2.75) is 32.2 Å². The number of rotatable bonds is 8. The summed E-state index contributed by atoms with van der Waals surface area (Å²) < 4.78 is 0. The molecule has 1 aromatic rings. The van der Waals surface area contributed by atoms with Crippen molar-refractivity contribution < 1.29 is 9.90 Å². The maximum absolute atomic E-state index is 11.9. The summed E-state index contributed by atoms with van der Waals surface area (Å²) in [6, 6.07) is 9.57. The highest BCUT2D eigenvalue weighted by atomic mass is 32.2. The van der Waals surface area contributed by atoms with Crippen molar-refractivity contribution in [2.75, 3.05) is 18.1 Å². The molecule has 0 heterocycles. The van der Waals surface area contributed by atoms with E-state index in [0.717, 1.165) is 24.2 Å². The van der Waals surface area contributed by atoms with Gasteiger partial charge in [0.05, 0.1) is 17.9 Å². The van der Waals surface area contributed by atoms with Crippen LogP contribution in [0.25, 0.3) is 0 Å². The summed E-state index contributed by atoms with van der Waals surface area (Å²) in [4.78, 5) is 11.9. The maximum atomic E-state index is 11.9. The second-order valence-corrected chi connectivity index (χ2v) is 5.92. The highest BCUT2D eigenvalue weighted by molar-refractivity contribution is 7.99. The fourth-order valence-electron chi connectivity index (χ4n) is 1.76. The van der Waals surface area contributed by atoms with Gasteiger partial charge in [0.25, 0.3) is 0 Å². The van der Waals surface area contributed by atoms with Crippen molar-refractivity contribution in [2.24, 2.45) is 0 Å². The van der Waals surface area contributed by atoms with Crippen LogP contribution in [0.15, 0.2) is 30.3 Å². The minimum absolute atomic E-state index is 0.0264. The van der Waals surface area contributed by atoms with Crippen LogP contribution in [0.2, 0.25) is 0 Å². The predicted octanol–water partition coefficient (Wildman–Crippen LogP) is 2.54. The molecule has 19 heavy (non-hydrogen) atoms. The number of amides is 1. The number of unbranched alkanes of at least 4 members (excludes halogenated alkanes) is 1. The Hall–Kier alpha value is -1.00. The number of aliphatic hydroxyl groups excluding tert-OH is 1. The number of aliphatic hydroxyl groups is 1. The van der Waals surface area contributed by atoms with Gasteiger partial charge in [0.1, 0.15) is 0 Å². The van der Waals surface area contributed by atoms with Crippen LogP contribution >= 0.6 is 11.8 Å². The van der Waals surface area contributed by atoms with Crippen LogP contribution in [0.3, 0.4) is 0 Å². The molecule has 0 saturated carbocycles. The first kappa shape index (κ1) is 16.1. The van der Waals surface area contributed by atoms with E-state index in [4.69, 9.17) is 0 Å². The Kier molecular flexibility index (Phi) is 6.95. The quantitative estimate of drug-likeness (QED) is 0.720. The lowest BCUT2D eigenvalue weighted by Crippen LogP contribution is -2.47. The third-order valence-corrected chi connectivity index (χ3v) is 4.06. The van der Waals surface area contributed by atoms with E-state index in [-0.39, 0.29) is 12.5 Å². The summed E-state index contributed by atoms with van der Waals surface area (Å²) in [5.74, 6) is 1.43. The number of hydrogen-bond acceptors (Lipinski definition) is 3. The van der Waals surface area contributed by atoms with E-state index in [9.17, 15) is 9.90 Å². The Balaban J connectivity index is 2.54. The van der Waals surface area contributed by atoms with Gasteiger partial charge in [-0.05, 0) is 24.7 Å². The number of nitrogens with one attached hydrogen (secondary N) is 1. The summed E-state index contributed by atoms with van der Waals surface area (Å²) in [6.45, 7) is 3.87. The second kappa shape index (κ2) is 8.23. The van der Waals surface area contributed by atoms with E-state index < -0.39 is 5.54 Å². The maximum Gasteiger partial charge on any atom is 0.230 e. The van der Waals surface area contributed by atoms with Crippen LogP contribution in [-0.4, -0.2) is 29.1 Å². The van der Waals surface area contributed by atoms with E-state index >= 15 is 0 Å². The lowest BCUT2D eigenvalue weighted by Gasteiger charge is -2.29. The van der Waals surface area contributed by atoms with Gasteiger partial charge in [0.2, 0.25) is 5.91 Å². The van der Waals surface area contributed by atoms with Crippen molar-refractivity contribution >= 4 is 17.7 Å². The minimum atomic E-state index is -0.705. The topological polar surface area (TPSA) is 49.3 Å². The molecule has 1 unspecified atom stereocenters. The second-order valence-electron chi connectivity index (χ2n) is 4.81. The molecule has 1 amide bonds. The smallest absolute Gasteiger partial charge is 0.230 e.